The third-order valence-corrected chi connectivity index (χ3v) is 4.29. The van der Waals surface area contributed by atoms with Crippen LogP contribution in [0, 0.1) is 5.92 Å². The van der Waals surface area contributed by atoms with E-state index in [-0.39, 0.29) is 5.91 Å². The molecule has 2 aromatic carbocycles. The van der Waals surface area contributed by atoms with Gasteiger partial charge in [0.1, 0.15) is 6.33 Å². The number of anilines is 1. The summed E-state index contributed by atoms with van der Waals surface area (Å²) in [5.41, 5.74) is 3.79. The first kappa shape index (κ1) is 15.6. The van der Waals surface area contributed by atoms with E-state index in [9.17, 15) is 4.79 Å². The third kappa shape index (κ3) is 3.60. The Morgan fingerprint density at radius 1 is 1.12 bits per heavy atom. The predicted molar refractivity (Wildman–Crippen MR) is 97.5 cm³/mol. The lowest BCUT2D eigenvalue weighted by Crippen LogP contribution is -2.05. The molecule has 5 nitrogen and oxygen atoms in total. The zero-order valence-corrected chi connectivity index (χ0v) is 14.0. The first-order valence-corrected chi connectivity index (χ1v) is 8.44. The van der Waals surface area contributed by atoms with Crippen molar-refractivity contribution in [2.45, 2.75) is 19.8 Å². The van der Waals surface area contributed by atoms with Crippen molar-refractivity contribution < 1.29 is 9.53 Å². The molecule has 25 heavy (non-hydrogen) atoms. The second kappa shape index (κ2) is 6.51. The highest BCUT2D eigenvalue weighted by Crippen LogP contribution is 2.32. The summed E-state index contributed by atoms with van der Waals surface area (Å²) in [7, 11) is 0. The normalized spacial score (nSPS) is 13.6. The largest absolute Gasteiger partial charge is 0.477 e. The number of fused-ring (bicyclic) bond motifs is 1. The summed E-state index contributed by atoms with van der Waals surface area (Å²) >= 11 is 0. The molecule has 5 heteroatoms. The molecular formula is C20H19N3O2. The smallest absolute Gasteiger partial charge is 0.224 e. The van der Waals surface area contributed by atoms with E-state index in [2.05, 4.69) is 21.4 Å². The molecular weight excluding hydrogens is 314 g/mol. The van der Waals surface area contributed by atoms with Gasteiger partial charge in [0.25, 0.3) is 0 Å². The molecule has 1 amide bonds. The van der Waals surface area contributed by atoms with Gasteiger partial charge in [0, 0.05) is 12.6 Å². The molecule has 0 aliphatic heterocycles. The molecule has 0 spiro atoms. The molecule has 126 valence electrons. The van der Waals surface area contributed by atoms with Gasteiger partial charge in [-0.15, -0.1) is 0 Å². The highest BCUT2D eigenvalue weighted by Gasteiger charge is 2.22. The molecule has 0 radical (unpaired) electrons. The van der Waals surface area contributed by atoms with Gasteiger partial charge in [-0.25, -0.2) is 9.97 Å². The molecule has 0 atom stereocenters. The average molecular weight is 333 g/mol. The minimum absolute atomic E-state index is 0.0759. The molecule has 1 heterocycles. The fourth-order valence-electron chi connectivity index (χ4n) is 2.76. The van der Waals surface area contributed by atoms with Crippen molar-refractivity contribution in [3.8, 4) is 17.0 Å². The number of rotatable bonds is 5. The van der Waals surface area contributed by atoms with Gasteiger partial charge in [-0.05, 0) is 54.2 Å². The van der Waals surface area contributed by atoms with E-state index in [0.717, 1.165) is 34.3 Å². The Morgan fingerprint density at radius 2 is 1.88 bits per heavy atom. The highest BCUT2D eigenvalue weighted by molar-refractivity contribution is 5.90. The van der Waals surface area contributed by atoms with Crippen LogP contribution < -0.4 is 10.1 Å². The summed E-state index contributed by atoms with van der Waals surface area (Å²) in [6.45, 7) is 2.22. The lowest BCUT2D eigenvalue weighted by molar-refractivity contribution is -0.114. The quantitative estimate of drug-likeness (QED) is 0.765. The van der Waals surface area contributed by atoms with E-state index >= 15 is 0 Å². The molecule has 1 N–H and O–H groups in total. The summed E-state index contributed by atoms with van der Waals surface area (Å²) in [5, 5.41) is 3.70. The number of hydrogen-bond acceptors (Lipinski definition) is 4. The molecule has 4 rings (SSSR count). The molecule has 1 aliphatic carbocycles. The Hall–Kier alpha value is -2.95. The molecule has 1 saturated carbocycles. The van der Waals surface area contributed by atoms with E-state index in [4.69, 9.17) is 4.74 Å². The summed E-state index contributed by atoms with van der Waals surface area (Å²) < 4.78 is 5.90. The Kier molecular flexibility index (Phi) is 4.06. The Bertz CT molecular complexity index is 918. The van der Waals surface area contributed by atoms with Crippen LogP contribution in [0.15, 0.2) is 48.8 Å². The van der Waals surface area contributed by atoms with Gasteiger partial charge in [0.2, 0.25) is 11.8 Å². The van der Waals surface area contributed by atoms with Crippen molar-refractivity contribution in [1.29, 1.82) is 0 Å². The van der Waals surface area contributed by atoms with Gasteiger partial charge in [0.05, 0.1) is 17.5 Å². The molecule has 0 saturated heterocycles. The van der Waals surface area contributed by atoms with Crippen molar-refractivity contribution in [3.05, 3.63) is 48.8 Å². The van der Waals surface area contributed by atoms with E-state index in [0.29, 0.717) is 11.8 Å². The first-order valence-electron chi connectivity index (χ1n) is 8.44. The number of nitrogens with zero attached hydrogens (tertiary/aromatic N) is 2. The maximum atomic E-state index is 11.1. The van der Waals surface area contributed by atoms with Crippen LogP contribution in [0.25, 0.3) is 22.0 Å². The van der Waals surface area contributed by atoms with Crippen molar-refractivity contribution in [2.24, 2.45) is 5.92 Å². The van der Waals surface area contributed by atoms with Crippen LogP contribution in [0.4, 0.5) is 5.69 Å². The van der Waals surface area contributed by atoms with Crippen LogP contribution in [0.5, 0.6) is 5.88 Å². The highest BCUT2D eigenvalue weighted by atomic mass is 16.5. The lowest BCUT2D eigenvalue weighted by Gasteiger charge is -2.09. The number of nitrogens with one attached hydrogen (secondary N) is 1. The second-order valence-electron chi connectivity index (χ2n) is 6.42. The minimum atomic E-state index is -0.0759. The number of carbonyl (C=O) groups is 1. The second-order valence-corrected chi connectivity index (χ2v) is 6.42. The SMILES string of the molecule is CC(=O)Nc1ccc(-c2ccc3ncnc(OCC4CC4)c3c2)cc1. The molecule has 3 aromatic rings. The van der Waals surface area contributed by atoms with Crippen LogP contribution in [-0.4, -0.2) is 22.5 Å². The monoisotopic (exact) mass is 333 g/mol. The number of aromatic nitrogens is 2. The van der Waals surface area contributed by atoms with Gasteiger partial charge in [-0.1, -0.05) is 18.2 Å². The van der Waals surface area contributed by atoms with Gasteiger partial charge < -0.3 is 10.1 Å². The zero-order valence-electron chi connectivity index (χ0n) is 14.0. The maximum Gasteiger partial charge on any atom is 0.224 e. The average Bonchev–Trinajstić information content (AvgIpc) is 3.44. The first-order chi connectivity index (χ1) is 12.2. The van der Waals surface area contributed by atoms with E-state index in [1.165, 1.54) is 19.8 Å². The number of hydrogen-bond donors (Lipinski definition) is 1. The molecule has 1 aromatic heterocycles. The minimum Gasteiger partial charge on any atom is -0.477 e. The van der Waals surface area contributed by atoms with E-state index < -0.39 is 0 Å². The van der Waals surface area contributed by atoms with Crippen molar-refractivity contribution in [2.75, 3.05) is 11.9 Å². The summed E-state index contributed by atoms with van der Waals surface area (Å²) in [6, 6.07) is 13.8. The number of ether oxygens (including phenoxy) is 1. The van der Waals surface area contributed by atoms with Gasteiger partial charge in [-0.3, -0.25) is 4.79 Å². The van der Waals surface area contributed by atoms with Gasteiger partial charge >= 0.3 is 0 Å². The topological polar surface area (TPSA) is 64.1 Å². The van der Waals surface area contributed by atoms with Crippen LogP contribution in [0.2, 0.25) is 0 Å². The van der Waals surface area contributed by atoms with Crippen LogP contribution >= 0.6 is 0 Å². The lowest BCUT2D eigenvalue weighted by atomic mass is 10.0. The summed E-state index contributed by atoms with van der Waals surface area (Å²) in [6.07, 6.45) is 4.04. The molecule has 1 aliphatic rings. The van der Waals surface area contributed by atoms with Gasteiger partial charge in [0.15, 0.2) is 0 Å². The standard InChI is InChI=1S/C20H19N3O2/c1-13(24)23-17-7-4-15(5-8-17)16-6-9-19-18(10-16)20(22-12-21-19)25-11-14-2-3-14/h4-10,12,14H,2-3,11H2,1H3,(H,23,24). The van der Waals surface area contributed by atoms with Crippen molar-refractivity contribution >= 4 is 22.5 Å². The fourth-order valence-corrected chi connectivity index (χ4v) is 2.76. The van der Waals surface area contributed by atoms with Crippen molar-refractivity contribution in [1.82, 2.24) is 9.97 Å². The maximum absolute atomic E-state index is 11.1. The Morgan fingerprint density at radius 3 is 2.60 bits per heavy atom. The van der Waals surface area contributed by atoms with Gasteiger partial charge in [-0.2, -0.15) is 0 Å². The molecule has 1 fully saturated rings. The van der Waals surface area contributed by atoms with E-state index in [1.807, 2.05) is 36.4 Å². The van der Waals surface area contributed by atoms with Crippen LogP contribution in [0.1, 0.15) is 19.8 Å². The van der Waals surface area contributed by atoms with Crippen LogP contribution in [0.3, 0.4) is 0 Å². The summed E-state index contributed by atoms with van der Waals surface area (Å²) in [4.78, 5) is 19.8. The van der Waals surface area contributed by atoms with E-state index in [1.54, 1.807) is 6.33 Å². The number of benzene rings is 2. The predicted octanol–water partition coefficient (Wildman–Crippen LogP) is 4.04. The molecule has 0 bridgehead atoms. The number of amides is 1. The third-order valence-electron chi connectivity index (χ3n) is 4.29. The number of carbonyl (C=O) groups excluding carboxylic acids is 1. The Labute approximate surface area is 146 Å². The zero-order chi connectivity index (χ0) is 17.2. The fraction of sp³-hybridized carbons (Fsp3) is 0.250. The van der Waals surface area contributed by atoms with Crippen molar-refractivity contribution in [3.63, 3.8) is 0 Å². The van der Waals surface area contributed by atoms with Crippen LogP contribution in [-0.2, 0) is 4.79 Å². The molecule has 0 unspecified atom stereocenters. The Balaban J connectivity index is 1.65. The summed E-state index contributed by atoms with van der Waals surface area (Å²) in [5.74, 6) is 1.25.